The number of nitrogens with one attached hydrogen (secondary N) is 1. The Balaban J connectivity index is 1.59. The lowest BCUT2D eigenvalue weighted by molar-refractivity contribution is -0.122. The molecule has 160 valence electrons. The van der Waals surface area contributed by atoms with Crippen LogP contribution in [0, 0.1) is 0 Å². The monoisotopic (exact) mass is 443 g/mol. The molecule has 0 radical (unpaired) electrons. The van der Waals surface area contributed by atoms with E-state index in [9.17, 15) is 9.59 Å². The van der Waals surface area contributed by atoms with E-state index in [1.807, 2.05) is 55.5 Å². The van der Waals surface area contributed by atoms with Gasteiger partial charge < -0.3 is 10.1 Å². The number of ketones is 1. The Labute approximate surface area is 191 Å². The van der Waals surface area contributed by atoms with Crippen molar-refractivity contribution < 1.29 is 14.3 Å². The van der Waals surface area contributed by atoms with Crippen LogP contribution in [-0.2, 0) is 4.79 Å². The molecule has 0 aromatic heterocycles. The maximum atomic E-state index is 13.1. The Morgan fingerprint density at radius 2 is 1.62 bits per heavy atom. The van der Waals surface area contributed by atoms with E-state index in [1.54, 1.807) is 42.5 Å². The average Bonchev–Trinajstić information content (AvgIpc) is 2.83. The Morgan fingerprint density at radius 3 is 2.41 bits per heavy atom. The standard InChI is InChI=1S/C27H22ClNO3/c1-2-24(32-25-14-8-12-18-9-6-7-13-21(18)25)27(31)29-23-16-15-20(28)17-22(23)26(30)19-10-4-3-5-11-19/h3-17,24H,2H2,1H3,(H,29,31)/t24-/m0/s1. The minimum Gasteiger partial charge on any atom is -0.480 e. The molecule has 0 saturated carbocycles. The molecule has 4 rings (SSSR count). The molecule has 0 spiro atoms. The highest BCUT2D eigenvalue weighted by Gasteiger charge is 2.22. The molecule has 0 unspecified atom stereocenters. The van der Waals surface area contributed by atoms with E-state index in [1.165, 1.54) is 0 Å². The summed E-state index contributed by atoms with van der Waals surface area (Å²) in [4.78, 5) is 26.1. The first kappa shape index (κ1) is 21.6. The number of carbonyl (C=O) groups excluding carboxylic acids is 2. The van der Waals surface area contributed by atoms with Crippen molar-refractivity contribution in [2.45, 2.75) is 19.4 Å². The first-order valence-corrected chi connectivity index (χ1v) is 10.8. The highest BCUT2D eigenvalue weighted by molar-refractivity contribution is 6.31. The van der Waals surface area contributed by atoms with Crippen LogP contribution < -0.4 is 10.1 Å². The van der Waals surface area contributed by atoms with E-state index in [-0.39, 0.29) is 11.7 Å². The van der Waals surface area contributed by atoms with Gasteiger partial charge in [0.25, 0.3) is 5.91 Å². The first-order valence-electron chi connectivity index (χ1n) is 10.4. The van der Waals surface area contributed by atoms with Gasteiger partial charge in [0.05, 0.1) is 5.69 Å². The summed E-state index contributed by atoms with van der Waals surface area (Å²) in [6, 6.07) is 27.3. The maximum Gasteiger partial charge on any atom is 0.265 e. The van der Waals surface area contributed by atoms with Crippen LogP contribution in [0.3, 0.4) is 0 Å². The smallest absolute Gasteiger partial charge is 0.265 e. The van der Waals surface area contributed by atoms with Crippen LogP contribution in [-0.4, -0.2) is 17.8 Å². The van der Waals surface area contributed by atoms with Crippen molar-refractivity contribution >= 4 is 39.8 Å². The van der Waals surface area contributed by atoms with Gasteiger partial charge in [-0.25, -0.2) is 0 Å². The number of carbonyl (C=O) groups is 2. The molecule has 0 aliphatic rings. The summed E-state index contributed by atoms with van der Waals surface area (Å²) < 4.78 is 6.10. The van der Waals surface area contributed by atoms with E-state index in [4.69, 9.17) is 16.3 Å². The molecule has 1 N–H and O–H groups in total. The summed E-state index contributed by atoms with van der Waals surface area (Å²) in [5.74, 6) is 0.0954. The van der Waals surface area contributed by atoms with Gasteiger partial charge in [-0.1, -0.05) is 85.3 Å². The molecular formula is C27H22ClNO3. The van der Waals surface area contributed by atoms with E-state index in [2.05, 4.69) is 5.32 Å². The zero-order valence-electron chi connectivity index (χ0n) is 17.5. The normalized spacial score (nSPS) is 11.7. The number of ether oxygens (including phenoxy) is 1. The second kappa shape index (κ2) is 9.67. The van der Waals surface area contributed by atoms with Crippen molar-refractivity contribution in [1.29, 1.82) is 0 Å². The Bertz CT molecular complexity index is 1270. The van der Waals surface area contributed by atoms with Crippen LogP contribution in [0.15, 0.2) is 91.0 Å². The third kappa shape index (κ3) is 4.66. The van der Waals surface area contributed by atoms with E-state index >= 15 is 0 Å². The Kier molecular flexibility index (Phi) is 6.52. The molecule has 4 aromatic rings. The molecule has 0 aliphatic heterocycles. The minimum absolute atomic E-state index is 0.216. The van der Waals surface area contributed by atoms with Crippen molar-refractivity contribution in [3.63, 3.8) is 0 Å². The second-order valence-corrected chi connectivity index (χ2v) is 7.80. The molecule has 4 nitrogen and oxygen atoms in total. The lowest BCUT2D eigenvalue weighted by atomic mass is 10.0. The number of rotatable bonds is 7. The van der Waals surface area contributed by atoms with Gasteiger partial charge in [0.15, 0.2) is 11.9 Å². The Hall–Kier alpha value is -3.63. The number of anilines is 1. The van der Waals surface area contributed by atoms with Gasteiger partial charge >= 0.3 is 0 Å². The predicted molar refractivity (Wildman–Crippen MR) is 129 cm³/mol. The molecule has 0 heterocycles. The largest absolute Gasteiger partial charge is 0.480 e. The summed E-state index contributed by atoms with van der Waals surface area (Å²) in [5.41, 5.74) is 1.24. The summed E-state index contributed by atoms with van der Waals surface area (Å²) in [6.45, 7) is 1.88. The topological polar surface area (TPSA) is 55.4 Å². The van der Waals surface area contributed by atoms with Crippen molar-refractivity contribution in [2.24, 2.45) is 0 Å². The minimum atomic E-state index is -0.726. The van der Waals surface area contributed by atoms with E-state index < -0.39 is 6.10 Å². The van der Waals surface area contributed by atoms with Crippen molar-refractivity contribution in [3.05, 3.63) is 107 Å². The van der Waals surface area contributed by atoms with Gasteiger partial charge in [0, 0.05) is 21.5 Å². The van der Waals surface area contributed by atoms with Crippen LogP contribution in [0.4, 0.5) is 5.69 Å². The second-order valence-electron chi connectivity index (χ2n) is 7.37. The van der Waals surface area contributed by atoms with Crippen molar-refractivity contribution in [3.8, 4) is 5.75 Å². The average molecular weight is 444 g/mol. The molecule has 5 heteroatoms. The lowest BCUT2D eigenvalue weighted by Crippen LogP contribution is -2.33. The summed E-state index contributed by atoms with van der Waals surface area (Å²) in [7, 11) is 0. The molecule has 0 aliphatic carbocycles. The first-order chi connectivity index (χ1) is 15.6. The zero-order valence-corrected chi connectivity index (χ0v) is 18.3. The maximum absolute atomic E-state index is 13.1. The highest BCUT2D eigenvalue weighted by atomic mass is 35.5. The number of hydrogen-bond acceptors (Lipinski definition) is 3. The molecular weight excluding hydrogens is 422 g/mol. The third-order valence-electron chi connectivity index (χ3n) is 5.20. The Morgan fingerprint density at radius 1 is 0.906 bits per heavy atom. The van der Waals surface area contributed by atoms with Gasteiger partial charge in [-0.15, -0.1) is 0 Å². The molecule has 0 fully saturated rings. The zero-order chi connectivity index (χ0) is 22.5. The molecule has 1 amide bonds. The number of hydrogen-bond donors (Lipinski definition) is 1. The van der Waals surface area contributed by atoms with Crippen molar-refractivity contribution in [1.82, 2.24) is 0 Å². The summed E-state index contributed by atoms with van der Waals surface area (Å²) >= 11 is 6.15. The van der Waals surface area contributed by atoms with Crippen LogP contribution >= 0.6 is 11.6 Å². The third-order valence-corrected chi connectivity index (χ3v) is 5.44. The fraction of sp³-hybridized carbons (Fsp3) is 0.111. The van der Waals surface area contributed by atoms with Gasteiger partial charge in [0.2, 0.25) is 0 Å². The van der Waals surface area contributed by atoms with E-state index in [0.717, 1.165) is 10.8 Å². The quantitative estimate of drug-likeness (QED) is 0.331. The van der Waals surface area contributed by atoms with Gasteiger partial charge in [-0.3, -0.25) is 9.59 Å². The predicted octanol–water partition coefficient (Wildman–Crippen LogP) is 6.52. The number of halogens is 1. The summed E-state index contributed by atoms with van der Waals surface area (Å²) in [6.07, 6.45) is -0.263. The van der Waals surface area contributed by atoms with Crippen LogP contribution in [0.25, 0.3) is 10.8 Å². The SMILES string of the molecule is CC[C@H](Oc1cccc2ccccc12)C(=O)Nc1ccc(Cl)cc1C(=O)c1ccccc1. The van der Waals surface area contributed by atoms with Gasteiger partial charge in [-0.05, 0) is 36.1 Å². The summed E-state index contributed by atoms with van der Waals surface area (Å²) in [5, 5.41) is 5.26. The lowest BCUT2D eigenvalue weighted by Gasteiger charge is -2.19. The van der Waals surface area contributed by atoms with Crippen LogP contribution in [0.5, 0.6) is 5.75 Å². The number of amides is 1. The van der Waals surface area contributed by atoms with Crippen LogP contribution in [0.2, 0.25) is 5.02 Å². The fourth-order valence-electron chi connectivity index (χ4n) is 3.55. The van der Waals surface area contributed by atoms with Gasteiger partial charge in [0.1, 0.15) is 5.75 Å². The molecule has 4 aromatic carbocycles. The van der Waals surface area contributed by atoms with Crippen LogP contribution in [0.1, 0.15) is 29.3 Å². The van der Waals surface area contributed by atoms with Crippen molar-refractivity contribution in [2.75, 3.05) is 5.32 Å². The molecule has 32 heavy (non-hydrogen) atoms. The fourth-order valence-corrected chi connectivity index (χ4v) is 3.72. The molecule has 0 bridgehead atoms. The van der Waals surface area contributed by atoms with E-state index in [0.29, 0.717) is 34.0 Å². The number of benzene rings is 4. The molecule has 0 saturated heterocycles. The molecule has 1 atom stereocenters. The van der Waals surface area contributed by atoms with Gasteiger partial charge in [-0.2, -0.15) is 0 Å². The highest BCUT2D eigenvalue weighted by Crippen LogP contribution is 2.28. The number of fused-ring (bicyclic) bond motifs is 1.